The van der Waals surface area contributed by atoms with E-state index in [-0.39, 0.29) is 11.9 Å². The molecule has 4 nitrogen and oxygen atoms in total. The third-order valence-electron chi connectivity index (χ3n) is 2.87. The van der Waals surface area contributed by atoms with E-state index in [2.05, 4.69) is 15.5 Å². The first-order valence-electron chi connectivity index (χ1n) is 5.55. The second kappa shape index (κ2) is 5.43. The smallest absolute Gasteiger partial charge is 0.241 e. The van der Waals surface area contributed by atoms with E-state index >= 15 is 0 Å². The summed E-state index contributed by atoms with van der Waals surface area (Å²) in [6.07, 6.45) is 0. The van der Waals surface area contributed by atoms with Crippen LogP contribution >= 0.6 is 11.3 Å². The summed E-state index contributed by atoms with van der Waals surface area (Å²) in [7, 11) is 0. The summed E-state index contributed by atoms with van der Waals surface area (Å²) in [5.74, 6) is 0.0836. The molecule has 1 aromatic heterocycles. The van der Waals surface area contributed by atoms with Crippen molar-refractivity contribution in [1.29, 1.82) is 0 Å². The Bertz CT molecular complexity index is 333. The van der Waals surface area contributed by atoms with Crippen LogP contribution in [0.3, 0.4) is 0 Å². The summed E-state index contributed by atoms with van der Waals surface area (Å²) >= 11 is 1.59. The molecule has 0 aromatic carbocycles. The van der Waals surface area contributed by atoms with Gasteiger partial charge < -0.3 is 10.6 Å². The second-order valence-corrected chi connectivity index (χ2v) is 4.74. The molecule has 1 amide bonds. The Labute approximate surface area is 99.6 Å². The first-order chi connectivity index (χ1) is 7.77. The first-order valence-corrected chi connectivity index (χ1v) is 6.49. The van der Waals surface area contributed by atoms with Gasteiger partial charge in [-0.25, -0.2) is 0 Å². The van der Waals surface area contributed by atoms with Gasteiger partial charge in [0.25, 0.3) is 0 Å². The molecule has 16 heavy (non-hydrogen) atoms. The monoisotopic (exact) mass is 239 g/mol. The largest absolute Gasteiger partial charge is 0.324 e. The fourth-order valence-electron chi connectivity index (χ4n) is 1.82. The number of nitrogens with one attached hydrogen (secondary N) is 2. The van der Waals surface area contributed by atoms with Gasteiger partial charge in [0, 0.05) is 31.6 Å². The molecule has 1 fully saturated rings. The summed E-state index contributed by atoms with van der Waals surface area (Å²) in [6, 6.07) is 1.87. The van der Waals surface area contributed by atoms with Crippen LogP contribution in [-0.2, 0) is 4.79 Å². The number of anilines is 1. The second-order valence-electron chi connectivity index (χ2n) is 3.96. The summed E-state index contributed by atoms with van der Waals surface area (Å²) in [6.45, 7) is 5.79. The Morgan fingerprint density at radius 2 is 2.31 bits per heavy atom. The number of carbonyl (C=O) groups excluding carboxylic acids is 1. The van der Waals surface area contributed by atoms with Gasteiger partial charge in [0.05, 0.1) is 11.7 Å². The van der Waals surface area contributed by atoms with Crippen LogP contribution < -0.4 is 10.6 Å². The minimum absolute atomic E-state index is 0.0537. The first kappa shape index (κ1) is 11.6. The molecule has 0 saturated carbocycles. The van der Waals surface area contributed by atoms with E-state index in [4.69, 9.17) is 0 Å². The maximum atomic E-state index is 11.9. The lowest BCUT2D eigenvalue weighted by molar-refractivity contribution is -0.120. The molecule has 1 saturated heterocycles. The van der Waals surface area contributed by atoms with E-state index in [0.717, 1.165) is 31.9 Å². The van der Waals surface area contributed by atoms with Crippen LogP contribution in [0.1, 0.15) is 6.92 Å². The molecule has 2 heterocycles. The highest BCUT2D eigenvalue weighted by Crippen LogP contribution is 2.13. The van der Waals surface area contributed by atoms with Crippen LogP contribution in [0.15, 0.2) is 16.8 Å². The molecule has 0 bridgehead atoms. The quantitative estimate of drug-likeness (QED) is 0.826. The van der Waals surface area contributed by atoms with Crippen LogP contribution in [0.2, 0.25) is 0 Å². The third kappa shape index (κ3) is 2.81. The molecule has 1 unspecified atom stereocenters. The molecule has 0 aliphatic carbocycles. The third-order valence-corrected chi connectivity index (χ3v) is 3.55. The van der Waals surface area contributed by atoms with Gasteiger partial charge in [0.2, 0.25) is 5.91 Å². The van der Waals surface area contributed by atoms with Gasteiger partial charge in [0.15, 0.2) is 0 Å². The highest BCUT2D eigenvalue weighted by atomic mass is 32.1. The summed E-state index contributed by atoms with van der Waals surface area (Å²) in [5, 5.41) is 10.1. The van der Waals surface area contributed by atoms with E-state index in [9.17, 15) is 4.79 Å². The summed E-state index contributed by atoms with van der Waals surface area (Å²) in [4.78, 5) is 14.1. The van der Waals surface area contributed by atoms with Crippen LogP contribution in [0.4, 0.5) is 5.69 Å². The van der Waals surface area contributed by atoms with Gasteiger partial charge >= 0.3 is 0 Å². The standard InChI is InChI=1S/C11H17N3OS/c1-9(14-5-3-12-4-6-14)11(15)13-10-2-7-16-8-10/h2,7-9,12H,3-6H2,1H3,(H,13,15). The summed E-state index contributed by atoms with van der Waals surface area (Å²) in [5.41, 5.74) is 0.900. The SMILES string of the molecule is CC(C(=O)Nc1ccsc1)N1CCNCC1. The molecule has 1 aliphatic rings. The number of amides is 1. The molecule has 5 heteroatoms. The van der Waals surface area contributed by atoms with Gasteiger partial charge in [-0.1, -0.05) is 0 Å². The highest BCUT2D eigenvalue weighted by molar-refractivity contribution is 7.08. The fourth-order valence-corrected chi connectivity index (χ4v) is 2.41. The number of nitrogens with zero attached hydrogens (tertiary/aromatic N) is 1. The van der Waals surface area contributed by atoms with Crippen LogP contribution in [0, 0.1) is 0 Å². The van der Waals surface area contributed by atoms with E-state index in [1.165, 1.54) is 0 Å². The molecular weight excluding hydrogens is 222 g/mol. The van der Waals surface area contributed by atoms with E-state index in [1.54, 1.807) is 11.3 Å². The number of piperazine rings is 1. The summed E-state index contributed by atoms with van der Waals surface area (Å²) < 4.78 is 0. The number of carbonyl (C=O) groups is 1. The lowest BCUT2D eigenvalue weighted by atomic mass is 10.2. The number of hydrogen-bond acceptors (Lipinski definition) is 4. The molecule has 2 rings (SSSR count). The molecule has 0 spiro atoms. The Kier molecular flexibility index (Phi) is 3.93. The van der Waals surface area contributed by atoms with E-state index < -0.39 is 0 Å². The molecule has 1 aliphatic heterocycles. The normalized spacial score (nSPS) is 19.3. The van der Waals surface area contributed by atoms with Crippen molar-refractivity contribution >= 4 is 22.9 Å². The predicted octanol–water partition coefficient (Wildman–Crippen LogP) is 0.980. The van der Waals surface area contributed by atoms with Crippen molar-refractivity contribution in [3.05, 3.63) is 16.8 Å². The predicted molar refractivity (Wildman–Crippen MR) is 66.9 cm³/mol. The van der Waals surface area contributed by atoms with Crippen LogP contribution in [0.5, 0.6) is 0 Å². The maximum Gasteiger partial charge on any atom is 0.241 e. The average Bonchev–Trinajstić information content (AvgIpc) is 2.82. The Morgan fingerprint density at radius 3 is 2.94 bits per heavy atom. The van der Waals surface area contributed by atoms with E-state index in [1.807, 2.05) is 23.8 Å². The van der Waals surface area contributed by atoms with Crippen LogP contribution in [0.25, 0.3) is 0 Å². The van der Waals surface area contributed by atoms with Crippen LogP contribution in [-0.4, -0.2) is 43.0 Å². The zero-order chi connectivity index (χ0) is 11.4. The fraction of sp³-hybridized carbons (Fsp3) is 0.545. The van der Waals surface area contributed by atoms with Crippen molar-refractivity contribution in [2.24, 2.45) is 0 Å². The van der Waals surface area contributed by atoms with Gasteiger partial charge in [-0.3, -0.25) is 9.69 Å². The lowest BCUT2D eigenvalue weighted by Crippen LogP contribution is -2.51. The van der Waals surface area contributed by atoms with Gasteiger partial charge in [-0.05, 0) is 18.4 Å². The van der Waals surface area contributed by atoms with Gasteiger partial charge in [-0.2, -0.15) is 11.3 Å². The molecule has 88 valence electrons. The van der Waals surface area contributed by atoms with Crippen molar-refractivity contribution in [3.63, 3.8) is 0 Å². The van der Waals surface area contributed by atoms with Crippen molar-refractivity contribution in [2.45, 2.75) is 13.0 Å². The molecular formula is C11H17N3OS. The van der Waals surface area contributed by atoms with Crippen molar-refractivity contribution in [2.75, 3.05) is 31.5 Å². The lowest BCUT2D eigenvalue weighted by Gasteiger charge is -2.31. The Morgan fingerprint density at radius 1 is 1.56 bits per heavy atom. The molecule has 1 atom stereocenters. The van der Waals surface area contributed by atoms with Crippen molar-refractivity contribution < 1.29 is 4.79 Å². The Balaban J connectivity index is 1.88. The number of rotatable bonds is 3. The number of hydrogen-bond donors (Lipinski definition) is 2. The molecule has 0 radical (unpaired) electrons. The zero-order valence-electron chi connectivity index (χ0n) is 9.40. The zero-order valence-corrected chi connectivity index (χ0v) is 10.2. The number of thiophene rings is 1. The minimum atomic E-state index is -0.0537. The van der Waals surface area contributed by atoms with Gasteiger partial charge in [-0.15, -0.1) is 0 Å². The highest BCUT2D eigenvalue weighted by Gasteiger charge is 2.22. The van der Waals surface area contributed by atoms with Gasteiger partial charge in [0.1, 0.15) is 0 Å². The van der Waals surface area contributed by atoms with E-state index in [0.29, 0.717) is 0 Å². The minimum Gasteiger partial charge on any atom is -0.324 e. The van der Waals surface area contributed by atoms with Crippen molar-refractivity contribution in [3.8, 4) is 0 Å². The molecule has 2 N–H and O–H groups in total. The topological polar surface area (TPSA) is 44.4 Å². The maximum absolute atomic E-state index is 11.9. The Hall–Kier alpha value is -0.910. The average molecular weight is 239 g/mol. The van der Waals surface area contributed by atoms with Crippen molar-refractivity contribution in [1.82, 2.24) is 10.2 Å². The molecule has 1 aromatic rings.